The first-order valence-corrected chi connectivity index (χ1v) is 5.11. The number of rotatable bonds is 1. The standard InChI is InChI=1S/C10H10Cl2O2/c1-10(13-4-5-14-10)7-2-3-8(11)9(12)6-7/h2-3,6H,4-5H2,1H3. The van der Waals surface area contributed by atoms with Crippen molar-refractivity contribution in [3.05, 3.63) is 33.8 Å². The molecule has 0 unspecified atom stereocenters. The van der Waals surface area contributed by atoms with Gasteiger partial charge in [0.25, 0.3) is 0 Å². The molecular weight excluding hydrogens is 223 g/mol. The van der Waals surface area contributed by atoms with E-state index in [1.807, 2.05) is 13.0 Å². The van der Waals surface area contributed by atoms with Gasteiger partial charge in [-0.3, -0.25) is 0 Å². The number of hydrogen-bond acceptors (Lipinski definition) is 2. The van der Waals surface area contributed by atoms with Gasteiger partial charge in [0.15, 0.2) is 5.79 Å². The maximum atomic E-state index is 5.91. The predicted octanol–water partition coefficient (Wildman–Crippen LogP) is 3.21. The molecule has 4 heteroatoms. The summed E-state index contributed by atoms with van der Waals surface area (Å²) in [5.74, 6) is -0.672. The molecule has 0 radical (unpaired) electrons. The summed E-state index contributed by atoms with van der Waals surface area (Å²) in [7, 11) is 0. The van der Waals surface area contributed by atoms with Gasteiger partial charge >= 0.3 is 0 Å². The summed E-state index contributed by atoms with van der Waals surface area (Å²) in [5, 5.41) is 1.06. The lowest BCUT2D eigenvalue weighted by atomic mass is 10.1. The van der Waals surface area contributed by atoms with E-state index in [2.05, 4.69) is 0 Å². The van der Waals surface area contributed by atoms with Crippen LogP contribution in [-0.2, 0) is 15.3 Å². The van der Waals surface area contributed by atoms with Gasteiger partial charge in [0.1, 0.15) is 0 Å². The molecule has 0 saturated carbocycles. The van der Waals surface area contributed by atoms with Crippen molar-refractivity contribution in [3.63, 3.8) is 0 Å². The Morgan fingerprint density at radius 1 is 1.14 bits per heavy atom. The zero-order valence-corrected chi connectivity index (χ0v) is 9.23. The zero-order valence-electron chi connectivity index (χ0n) is 7.72. The van der Waals surface area contributed by atoms with Crippen LogP contribution in [0.5, 0.6) is 0 Å². The van der Waals surface area contributed by atoms with E-state index < -0.39 is 5.79 Å². The maximum absolute atomic E-state index is 5.91. The van der Waals surface area contributed by atoms with E-state index >= 15 is 0 Å². The lowest BCUT2D eigenvalue weighted by molar-refractivity contribution is -0.149. The van der Waals surface area contributed by atoms with Gasteiger partial charge < -0.3 is 9.47 Å². The molecule has 76 valence electrons. The summed E-state index contributed by atoms with van der Waals surface area (Å²) in [4.78, 5) is 0. The van der Waals surface area contributed by atoms with E-state index in [9.17, 15) is 0 Å². The second kappa shape index (κ2) is 3.70. The normalized spacial score (nSPS) is 19.9. The molecular formula is C10H10Cl2O2. The van der Waals surface area contributed by atoms with E-state index in [0.29, 0.717) is 23.3 Å². The smallest absolute Gasteiger partial charge is 0.192 e. The molecule has 1 aliphatic heterocycles. The molecule has 0 amide bonds. The monoisotopic (exact) mass is 232 g/mol. The van der Waals surface area contributed by atoms with E-state index in [1.165, 1.54) is 0 Å². The summed E-state index contributed by atoms with van der Waals surface area (Å²) in [6.45, 7) is 3.09. The molecule has 1 fully saturated rings. The number of benzene rings is 1. The fourth-order valence-electron chi connectivity index (χ4n) is 1.46. The molecule has 0 atom stereocenters. The topological polar surface area (TPSA) is 18.5 Å². The molecule has 1 aromatic carbocycles. The van der Waals surface area contributed by atoms with E-state index in [0.717, 1.165) is 5.56 Å². The quantitative estimate of drug-likeness (QED) is 0.741. The number of halogens is 2. The highest BCUT2D eigenvalue weighted by atomic mass is 35.5. The van der Waals surface area contributed by atoms with Crippen molar-refractivity contribution in [2.75, 3.05) is 13.2 Å². The summed E-state index contributed by atoms with van der Waals surface area (Å²) in [5.41, 5.74) is 0.893. The van der Waals surface area contributed by atoms with Crippen molar-refractivity contribution in [1.29, 1.82) is 0 Å². The highest BCUT2D eigenvalue weighted by Crippen LogP contribution is 2.34. The Morgan fingerprint density at radius 3 is 2.36 bits per heavy atom. The van der Waals surface area contributed by atoms with Gasteiger partial charge in [-0.1, -0.05) is 29.3 Å². The van der Waals surface area contributed by atoms with Crippen LogP contribution in [0.2, 0.25) is 10.0 Å². The van der Waals surface area contributed by atoms with Crippen molar-refractivity contribution in [2.24, 2.45) is 0 Å². The molecule has 2 rings (SSSR count). The van der Waals surface area contributed by atoms with Crippen molar-refractivity contribution in [2.45, 2.75) is 12.7 Å². The first-order valence-electron chi connectivity index (χ1n) is 4.35. The molecule has 0 spiro atoms. The Kier molecular flexibility index (Phi) is 2.71. The molecule has 0 aliphatic carbocycles. The third-order valence-corrected chi connectivity index (χ3v) is 3.02. The summed E-state index contributed by atoms with van der Waals surface area (Å²) in [6, 6.07) is 5.38. The van der Waals surface area contributed by atoms with Gasteiger partial charge in [0, 0.05) is 5.56 Å². The number of hydrogen-bond donors (Lipinski definition) is 0. The van der Waals surface area contributed by atoms with Gasteiger partial charge in [0.2, 0.25) is 0 Å². The Labute approximate surface area is 92.7 Å². The Hall–Kier alpha value is -0.280. The molecule has 1 aliphatic rings. The molecule has 0 N–H and O–H groups in total. The highest BCUT2D eigenvalue weighted by Gasteiger charge is 2.33. The molecule has 0 aromatic heterocycles. The van der Waals surface area contributed by atoms with Crippen molar-refractivity contribution in [1.82, 2.24) is 0 Å². The summed E-state index contributed by atoms with van der Waals surface area (Å²) >= 11 is 11.7. The number of ether oxygens (including phenoxy) is 2. The van der Waals surface area contributed by atoms with Crippen LogP contribution >= 0.6 is 23.2 Å². The third kappa shape index (κ3) is 1.75. The Bertz CT molecular complexity index is 346. The minimum Gasteiger partial charge on any atom is -0.344 e. The second-order valence-corrected chi connectivity index (χ2v) is 4.09. The molecule has 0 bridgehead atoms. The minimum absolute atomic E-state index is 0.518. The van der Waals surface area contributed by atoms with Crippen molar-refractivity contribution < 1.29 is 9.47 Å². The Balaban J connectivity index is 2.36. The molecule has 14 heavy (non-hydrogen) atoms. The van der Waals surface area contributed by atoms with Crippen LogP contribution in [0.25, 0.3) is 0 Å². The maximum Gasteiger partial charge on any atom is 0.192 e. The van der Waals surface area contributed by atoms with Gasteiger partial charge in [-0.15, -0.1) is 0 Å². The molecule has 2 nitrogen and oxygen atoms in total. The average Bonchev–Trinajstić information content (AvgIpc) is 2.58. The van der Waals surface area contributed by atoms with Crippen LogP contribution in [0.3, 0.4) is 0 Å². The van der Waals surface area contributed by atoms with Gasteiger partial charge in [-0.25, -0.2) is 0 Å². The van der Waals surface area contributed by atoms with E-state index in [4.69, 9.17) is 32.7 Å². The van der Waals surface area contributed by atoms with E-state index in [1.54, 1.807) is 12.1 Å². The van der Waals surface area contributed by atoms with Gasteiger partial charge in [0.05, 0.1) is 23.3 Å². The average molecular weight is 233 g/mol. The van der Waals surface area contributed by atoms with E-state index in [-0.39, 0.29) is 0 Å². The molecule has 1 saturated heterocycles. The summed E-state index contributed by atoms with van der Waals surface area (Å²) < 4.78 is 11.0. The van der Waals surface area contributed by atoms with Crippen LogP contribution in [-0.4, -0.2) is 13.2 Å². The molecule has 1 aromatic rings. The van der Waals surface area contributed by atoms with Crippen molar-refractivity contribution >= 4 is 23.2 Å². The van der Waals surface area contributed by atoms with Crippen LogP contribution in [0, 0.1) is 0 Å². The van der Waals surface area contributed by atoms with Crippen LogP contribution in [0.4, 0.5) is 0 Å². The fourth-order valence-corrected chi connectivity index (χ4v) is 1.76. The third-order valence-electron chi connectivity index (χ3n) is 2.28. The van der Waals surface area contributed by atoms with Gasteiger partial charge in [-0.2, -0.15) is 0 Å². The van der Waals surface area contributed by atoms with Crippen LogP contribution in [0.1, 0.15) is 12.5 Å². The van der Waals surface area contributed by atoms with Crippen molar-refractivity contribution in [3.8, 4) is 0 Å². The first-order chi connectivity index (χ1) is 6.62. The largest absolute Gasteiger partial charge is 0.344 e. The molecule has 1 heterocycles. The highest BCUT2D eigenvalue weighted by molar-refractivity contribution is 6.42. The summed E-state index contributed by atoms with van der Waals surface area (Å²) in [6.07, 6.45) is 0. The minimum atomic E-state index is -0.672. The predicted molar refractivity (Wildman–Crippen MR) is 55.7 cm³/mol. The van der Waals surface area contributed by atoms with Gasteiger partial charge in [-0.05, 0) is 19.1 Å². The lowest BCUT2D eigenvalue weighted by Gasteiger charge is -2.22. The SMILES string of the molecule is CC1(c2ccc(Cl)c(Cl)c2)OCCO1. The van der Waals surface area contributed by atoms with Crippen LogP contribution in [0.15, 0.2) is 18.2 Å². The first kappa shape index (κ1) is 10.2. The lowest BCUT2D eigenvalue weighted by Crippen LogP contribution is -2.22. The fraction of sp³-hybridized carbons (Fsp3) is 0.400. The second-order valence-electron chi connectivity index (χ2n) is 3.27. The Morgan fingerprint density at radius 2 is 1.79 bits per heavy atom. The van der Waals surface area contributed by atoms with Crippen LogP contribution < -0.4 is 0 Å². The zero-order chi connectivity index (χ0) is 10.2.